The Morgan fingerprint density at radius 2 is 1.21 bits per heavy atom. The average Bonchev–Trinajstić information content (AvgIpc) is 1.97. The Labute approximate surface area is 71.0 Å². The van der Waals surface area contributed by atoms with Gasteiger partial charge in [-0.2, -0.15) is 30.7 Å². The van der Waals surface area contributed by atoms with Gasteiger partial charge in [0.2, 0.25) is 12.0 Å². The van der Waals surface area contributed by atoms with Crippen LogP contribution >= 0.6 is 0 Å². The van der Waals surface area contributed by atoms with Crippen molar-refractivity contribution >= 4 is 0 Å². The van der Waals surface area contributed by atoms with Gasteiger partial charge in [-0.15, -0.1) is 0 Å². The van der Waals surface area contributed by atoms with Crippen LogP contribution < -0.4 is 0 Å². The van der Waals surface area contributed by atoms with Crippen LogP contribution in [-0.2, 0) is 0 Å². The second kappa shape index (κ2) is 3.70. The Hall–Kier alpha value is -0.890. The zero-order chi connectivity index (χ0) is 11.7. The molecule has 0 N–H and O–H groups in total. The molecule has 1 unspecified atom stereocenters. The van der Waals surface area contributed by atoms with Crippen LogP contribution in [-0.4, -0.2) is 18.5 Å². The largest absolute Gasteiger partial charge is 0.445 e. The second-order valence-electron chi connectivity index (χ2n) is 2.06. The van der Waals surface area contributed by atoms with Crippen molar-refractivity contribution in [1.29, 1.82) is 0 Å². The zero-order valence-corrected chi connectivity index (χ0v) is 5.98. The van der Waals surface area contributed by atoms with E-state index in [2.05, 4.69) is 0 Å². The van der Waals surface area contributed by atoms with Crippen LogP contribution in [0.25, 0.3) is 0 Å². The van der Waals surface area contributed by atoms with Crippen molar-refractivity contribution in [2.45, 2.75) is 18.5 Å². The smallest absolute Gasteiger partial charge is 0.229 e. The van der Waals surface area contributed by atoms with E-state index in [1.165, 1.54) is 0 Å². The van der Waals surface area contributed by atoms with Gasteiger partial charge in [0, 0.05) is 0 Å². The van der Waals surface area contributed by atoms with Gasteiger partial charge >= 0.3 is 12.4 Å². The molecule has 0 saturated carbocycles. The Bertz CT molecular complexity index is 231. The van der Waals surface area contributed by atoms with E-state index in [1.807, 2.05) is 0 Å². The molecule has 0 bridgehead atoms. The summed E-state index contributed by atoms with van der Waals surface area (Å²) in [5.74, 6) is -7.24. The number of alkyl halides is 7. The monoisotopic (exact) mass is 232 g/mol. The molecule has 9 heteroatoms. The normalized spacial score (nSPS) is 17.8. The lowest BCUT2D eigenvalue weighted by molar-refractivity contribution is -0.177. The molecule has 0 saturated heterocycles. The summed E-state index contributed by atoms with van der Waals surface area (Å²) in [4.78, 5) is 0. The average molecular weight is 232 g/mol. The molecule has 84 valence electrons. The minimum absolute atomic E-state index is 3.52. The Morgan fingerprint density at radius 1 is 0.857 bits per heavy atom. The van der Waals surface area contributed by atoms with Crippen molar-refractivity contribution in [2.75, 3.05) is 0 Å². The Kier molecular flexibility index (Phi) is 3.46. The molecule has 0 fully saturated rings. The van der Waals surface area contributed by atoms with Gasteiger partial charge in [0.25, 0.3) is 0 Å². The van der Waals surface area contributed by atoms with Crippen LogP contribution in [0.1, 0.15) is 0 Å². The SMILES string of the molecule is F/C(=C(\F)C(F)(F)F)C(F)C(F)(F)F. The topological polar surface area (TPSA) is 0 Å². The number of allylic oxidation sites excluding steroid dienone is 2. The van der Waals surface area contributed by atoms with Crippen LogP contribution in [0.15, 0.2) is 11.7 Å². The fourth-order valence-electron chi connectivity index (χ4n) is 0.390. The third kappa shape index (κ3) is 3.11. The molecule has 0 aliphatic heterocycles. The molecule has 14 heavy (non-hydrogen) atoms. The minimum atomic E-state index is -5.97. The van der Waals surface area contributed by atoms with Crippen LogP contribution in [0.3, 0.4) is 0 Å². The number of halogens is 9. The zero-order valence-electron chi connectivity index (χ0n) is 5.98. The van der Waals surface area contributed by atoms with Gasteiger partial charge in [0.1, 0.15) is 0 Å². The fourth-order valence-corrected chi connectivity index (χ4v) is 0.390. The summed E-state index contributed by atoms with van der Waals surface area (Å²) in [5, 5.41) is 0. The summed E-state index contributed by atoms with van der Waals surface area (Å²) < 4.78 is 103. The minimum Gasteiger partial charge on any atom is -0.229 e. The molecule has 0 aliphatic rings. The van der Waals surface area contributed by atoms with E-state index in [1.54, 1.807) is 0 Å². The van der Waals surface area contributed by atoms with Crippen LogP contribution in [0.2, 0.25) is 0 Å². The lowest BCUT2D eigenvalue weighted by Gasteiger charge is -2.11. The highest BCUT2D eigenvalue weighted by atomic mass is 19.4. The number of hydrogen-bond acceptors (Lipinski definition) is 0. The fraction of sp³-hybridized carbons (Fsp3) is 0.600. The molecular formula is C5HF9. The molecular weight excluding hydrogens is 231 g/mol. The van der Waals surface area contributed by atoms with E-state index in [0.717, 1.165) is 0 Å². The maximum absolute atomic E-state index is 11.9. The molecule has 0 amide bonds. The third-order valence-electron chi connectivity index (χ3n) is 0.968. The summed E-state index contributed by atoms with van der Waals surface area (Å²) in [6.45, 7) is 0. The summed E-state index contributed by atoms with van der Waals surface area (Å²) >= 11 is 0. The van der Waals surface area contributed by atoms with Crippen molar-refractivity contribution in [3.8, 4) is 0 Å². The molecule has 0 spiro atoms. The molecule has 1 atom stereocenters. The summed E-state index contributed by atoms with van der Waals surface area (Å²) in [6.07, 6.45) is -16.5. The van der Waals surface area contributed by atoms with Crippen molar-refractivity contribution in [3.63, 3.8) is 0 Å². The van der Waals surface area contributed by atoms with Crippen LogP contribution in [0.5, 0.6) is 0 Å². The van der Waals surface area contributed by atoms with E-state index in [0.29, 0.717) is 0 Å². The first-order valence-corrected chi connectivity index (χ1v) is 2.81. The molecule has 0 aromatic rings. The Morgan fingerprint density at radius 3 is 1.43 bits per heavy atom. The highest BCUT2D eigenvalue weighted by molar-refractivity contribution is 5.11. The van der Waals surface area contributed by atoms with Crippen molar-refractivity contribution in [2.24, 2.45) is 0 Å². The van der Waals surface area contributed by atoms with Gasteiger partial charge in [-0.05, 0) is 0 Å². The maximum atomic E-state index is 11.9. The van der Waals surface area contributed by atoms with Gasteiger partial charge in [-0.25, -0.2) is 8.78 Å². The highest BCUT2D eigenvalue weighted by Crippen LogP contribution is 2.36. The molecule has 0 heterocycles. The van der Waals surface area contributed by atoms with E-state index >= 15 is 0 Å². The Balaban J connectivity index is 5.03. The van der Waals surface area contributed by atoms with Gasteiger partial charge in [0.05, 0.1) is 0 Å². The number of rotatable bonds is 1. The van der Waals surface area contributed by atoms with E-state index in [4.69, 9.17) is 0 Å². The van der Waals surface area contributed by atoms with Crippen LogP contribution in [0, 0.1) is 0 Å². The lowest BCUT2D eigenvalue weighted by Crippen LogP contribution is -2.27. The lowest BCUT2D eigenvalue weighted by atomic mass is 10.3. The first kappa shape index (κ1) is 13.1. The summed E-state index contributed by atoms with van der Waals surface area (Å²) in [5.41, 5.74) is 0. The van der Waals surface area contributed by atoms with Gasteiger partial charge in [-0.3, -0.25) is 0 Å². The molecule has 0 aliphatic carbocycles. The maximum Gasteiger partial charge on any atom is 0.445 e. The third-order valence-corrected chi connectivity index (χ3v) is 0.968. The predicted octanol–water partition coefficient (Wildman–Crippen LogP) is 3.60. The van der Waals surface area contributed by atoms with Gasteiger partial charge < -0.3 is 0 Å². The summed E-state index contributed by atoms with van der Waals surface area (Å²) in [7, 11) is 0. The first-order valence-electron chi connectivity index (χ1n) is 2.81. The molecule has 0 nitrogen and oxygen atoms in total. The molecule has 0 rings (SSSR count). The van der Waals surface area contributed by atoms with Gasteiger partial charge in [-0.1, -0.05) is 0 Å². The van der Waals surface area contributed by atoms with E-state index in [-0.39, 0.29) is 0 Å². The number of hydrogen-bond donors (Lipinski definition) is 0. The van der Waals surface area contributed by atoms with Crippen molar-refractivity contribution in [3.05, 3.63) is 11.7 Å². The van der Waals surface area contributed by atoms with Gasteiger partial charge in [0.15, 0.2) is 5.83 Å². The molecule has 0 radical (unpaired) electrons. The quantitative estimate of drug-likeness (QED) is 0.606. The molecule has 0 aromatic carbocycles. The van der Waals surface area contributed by atoms with E-state index < -0.39 is 30.2 Å². The molecule has 0 aromatic heterocycles. The van der Waals surface area contributed by atoms with E-state index in [9.17, 15) is 39.5 Å². The van der Waals surface area contributed by atoms with Crippen molar-refractivity contribution in [1.82, 2.24) is 0 Å². The summed E-state index contributed by atoms with van der Waals surface area (Å²) in [6, 6.07) is 0. The van der Waals surface area contributed by atoms with Crippen molar-refractivity contribution < 1.29 is 39.5 Å². The predicted molar refractivity (Wildman–Crippen MR) is 26.2 cm³/mol. The standard InChI is InChI=1S/C5HF9/c6-1(2(7)4(9,10)11)3(8)5(12,13)14/h2H/b3-1-. The highest BCUT2D eigenvalue weighted by Gasteiger charge is 2.49. The first-order chi connectivity index (χ1) is 5.98. The second-order valence-corrected chi connectivity index (χ2v) is 2.06. The van der Waals surface area contributed by atoms with Crippen LogP contribution in [0.4, 0.5) is 39.5 Å².